The van der Waals surface area contributed by atoms with Crippen molar-refractivity contribution in [2.45, 2.75) is 0 Å². The number of benzene rings is 3. The van der Waals surface area contributed by atoms with E-state index in [9.17, 15) is 4.39 Å². The van der Waals surface area contributed by atoms with Crippen molar-refractivity contribution in [2.24, 2.45) is 0 Å². The molecule has 0 aliphatic carbocycles. The predicted molar refractivity (Wildman–Crippen MR) is 100 cm³/mol. The maximum absolute atomic E-state index is 14.6. The molecule has 0 spiro atoms. The Morgan fingerprint density at radius 3 is 2.42 bits per heavy atom. The second-order valence-corrected chi connectivity index (χ2v) is 6.81. The highest BCUT2D eigenvalue weighted by Gasteiger charge is 2.17. The molecule has 0 radical (unpaired) electrons. The Morgan fingerprint density at radius 2 is 1.54 bits per heavy atom. The lowest BCUT2D eigenvalue weighted by atomic mass is 10.0. The molecule has 2 heterocycles. The van der Waals surface area contributed by atoms with E-state index in [4.69, 9.17) is 4.98 Å². The largest absolute Gasteiger partial charge is 0.246 e. The van der Waals surface area contributed by atoms with Gasteiger partial charge in [0.25, 0.3) is 0 Å². The van der Waals surface area contributed by atoms with Crippen LogP contribution in [0.3, 0.4) is 0 Å². The van der Waals surface area contributed by atoms with Gasteiger partial charge in [-0.15, -0.1) is 11.3 Å². The van der Waals surface area contributed by atoms with Crippen LogP contribution in [-0.4, -0.2) is 4.98 Å². The van der Waals surface area contributed by atoms with Crippen molar-refractivity contribution in [1.82, 2.24) is 4.98 Å². The summed E-state index contributed by atoms with van der Waals surface area (Å²) in [7, 11) is 0. The van der Waals surface area contributed by atoms with E-state index in [1.165, 1.54) is 6.07 Å². The molecule has 0 saturated carbocycles. The molecular formula is C21H12FNS. The highest BCUT2D eigenvalue weighted by atomic mass is 32.1. The van der Waals surface area contributed by atoms with Crippen LogP contribution >= 0.6 is 11.3 Å². The molecule has 0 aliphatic heterocycles. The number of pyridine rings is 1. The summed E-state index contributed by atoms with van der Waals surface area (Å²) in [6.07, 6.45) is 0. The third-order valence-corrected chi connectivity index (χ3v) is 5.49. The van der Waals surface area contributed by atoms with Gasteiger partial charge in [-0.05, 0) is 18.2 Å². The summed E-state index contributed by atoms with van der Waals surface area (Å²) in [5.74, 6) is -0.172. The Kier molecular flexibility index (Phi) is 2.91. The molecule has 0 saturated heterocycles. The summed E-state index contributed by atoms with van der Waals surface area (Å²) < 4.78 is 16.6. The van der Waals surface area contributed by atoms with Gasteiger partial charge >= 0.3 is 0 Å². The lowest BCUT2D eigenvalue weighted by Crippen LogP contribution is -1.87. The molecule has 0 unspecified atom stereocenters. The first-order valence-electron chi connectivity index (χ1n) is 7.78. The van der Waals surface area contributed by atoms with Crippen LogP contribution in [0.1, 0.15) is 0 Å². The minimum Gasteiger partial charge on any atom is -0.246 e. The zero-order chi connectivity index (χ0) is 16.1. The maximum atomic E-state index is 14.6. The van der Waals surface area contributed by atoms with Gasteiger partial charge in [0.05, 0.1) is 15.9 Å². The van der Waals surface area contributed by atoms with Crippen LogP contribution in [0.4, 0.5) is 4.39 Å². The second-order valence-electron chi connectivity index (χ2n) is 5.76. The van der Waals surface area contributed by atoms with E-state index in [1.807, 2.05) is 48.5 Å². The molecule has 24 heavy (non-hydrogen) atoms. The lowest BCUT2D eigenvalue weighted by molar-refractivity contribution is 0.641. The molecule has 114 valence electrons. The van der Waals surface area contributed by atoms with Crippen molar-refractivity contribution in [3.63, 3.8) is 0 Å². The van der Waals surface area contributed by atoms with Crippen molar-refractivity contribution in [1.29, 1.82) is 0 Å². The standard InChI is InChI=1S/C21H12FNS/c22-15-10-6-12-17-19(15)18-14-9-4-5-11-16(14)23-20(21(18)24-17)13-7-2-1-3-8-13/h1-12H. The highest BCUT2D eigenvalue weighted by molar-refractivity contribution is 7.26. The van der Waals surface area contributed by atoms with Gasteiger partial charge in [-0.1, -0.05) is 54.6 Å². The Hall–Kier alpha value is -2.78. The van der Waals surface area contributed by atoms with E-state index in [0.717, 1.165) is 36.9 Å². The Balaban J connectivity index is 2.07. The fraction of sp³-hybridized carbons (Fsp3) is 0. The number of rotatable bonds is 1. The molecule has 1 nitrogen and oxygen atoms in total. The fourth-order valence-electron chi connectivity index (χ4n) is 3.28. The molecule has 5 rings (SSSR count). The fourth-order valence-corrected chi connectivity index (χ4v) is 4.52. The minimum atomic E-state index is -0.172. The Bertz CT molecular complexity index is 1210. The van der Waals surface area contributed by atoms with E-state index in [0.29, 0.717) is 5.39 Å². The number of thiophene rings is 1. The molecule has 0 fully saturated rings. The van der Waals surface area contributed by atoms with Crippen LogP contribution in [0.15, 0.2) is 72.8 Å². The summed E-state index contributed by atoms with van der Waals surface area (Å²) in [5, 5.41) is 2.68. The van der Waals surface area contributed by atoms with Crippen molar-refractivity contribution in [3.05, 3.63) is 78.6 Å². The van der Waals surface area contributed by atoms with Crippen LogP contribution < -0.4 is 0 Å². The first-order valence-corrected chi connectivity index (χ1v) is 8.59. The molecule has 5 aromatic rings. The van der Waals surface area contributed by atoms with Crippen LogP contribution in [0.2, 0.25) is 0 Å². The first kappa shape index (κ1) is 13.6. The molecule has 0 bridgehead atoms. The quantitative estimate of drug-likeness (QED) is 0.346. The van der Waals surface area contributed by atoms with E-state index >= 15 is 0 Å². The summed E-state index contributed by atoms with van der Waals surface area (Å²) in [5.41, 5.74) is 2.87. The van der Waals surface area contributed by atoms with E-state index in [2.05, 4.69) is 12.1 Å². The molecule has 0 N–H and O–H groups in total. The number of fused-ring (bicyclic) bond motifs is 5. The SMILES string of the molecule is Fc1cccc2sc3c(-c4ccccc4)nc4ccccc4c3c12. The topological polar surface area (TPSA) is 12.9 Å². The van der Waals surface area contributed by atoms with Crippen LogP contribution in [0, 0.1) is 5.82 Å². The van der Waals surface area contributed by atoms with Crippen molar-refractivity contribution in [2.75, 3.05) is 0 Å². The van der Waals surface area contributed by atoms with Crippen LogP contribution in [0.25, 0.3) is 42.3 Å². The summed E-state index contributed by atoms with van der Waals surface area (Å²) in [4.78, 5) is 4.89. The Morgan fingerprint density at radius 1 is 0.750 bits per heavy atom. The second kappa shape index (κ2) is 5.11. The number of nitrogens with zero attached hydrogens (tertiary/aromatic N) is 1. The van der Waals surface area contributed by atoms with E-state index < -0.39 is 0 Å². The number of aromatic nitrogens is 1. The van der Waals surface area contributed by atoms with Crippen LogP contribution in [0.5, 0.6) is 0 Å². The van der Waals surface area contributed by atoms with Crippen molar-refractivity contribution < 1.29 is 4.39 Å². The summed E-state index contributed by atoms with van der Waals surface area (Å²) in [6, 6.07) is 23.4. The van der Waals surface area contributed by atoms with Gasteiger partial charge in [-0.3, -0.25) is 0 Å². The summed E-state index contributed by atoms with van der Waals surface area (Å²) >= 11 is 1.61. The Labute approximate surface area is 142 Å². The molecule has 2 aromatic heterocycles. The molecular weight excluding hydrogens is 317 g/mol. The molecule has 0 atom stereocenters. The lowest BCUT2D eigenvalue weighted by Gasteiger charge is -2.07. The number of para-hydroxylation sites is 1. The smallest absolute Gasteiger partial charge is 0.132 e. The zero-order valence-corrected chi connectivity index (χ0v) is 13.5. The number of hydrogen-bond donors (Lipinski definition) is 0. The maximum Gasteiger partial charge on any atom is 0.132 e. The first-order chi connectivity index (χ1) is 11.8. The van der Waals surface area contributed by atoms with E-state index in [1.54, 1.807) is 17.4 Å². The molecule has 3 heteroatoms. The van der Waals surface area contributed by atoms with Gasteiger partial charge in [0.15, 0.2) is 0 Å². The third-order valence-electron chi connectivity index (χ3n) is 4.33. The monoisotopic (exact) mass is 329 g/mol. The normalized spacial score (nSPS) is 11.5. The number of halogens is 1. The molecule has 3 aromatic carbocycles. The summed E-state index contributed by atoms with van der Waals surface area (Å²) in [6.45, 7) is 0. The average molecular weight is 329 g/mol. The minimum absolute atomic E-state index is 0.172. The van der Waals surface area contributed by atoms with E-state index in [-0.39, 0.29) is 5.82 Å². The van der Waals surface area contributed by atoms with Crippen LogP contribution in [-0.2, 0) is 0 Å². The van der Waals surface area contributed by atoms with Gasteiger partial charge in [-0.2, -0.15) is 0 Å². The third kappa shape index (κ3) is 1.88. The predicted octanol–water partition coefficient (Wildman–Crippen LogP) is 6.41. The average Bonchev–Trinajstić information content (AvgIpc) is 3.03. The molecule has 0 amide bonds. The molecule has 0 aliphatic rings. The van der Waals surface area contributed by atoms with Crippen molar-refractivity contribution in [3.8, 4) is 11.3 Å². The van der Waals surface area contributed by atoms with Gasteiger partial charge in [0.2, 0.25) is 0 Å². The highest BCUT2D eigenvalue weighted by Crippen LogP contribution is 2.43. The zero-order valence-electron chi connectivity index (χ0n) is 12.7. The van der Waals surface area contributed by atoms with Gasteiger partial charge in [0, 0.05) is 26.4 Å². The van der Waals surface area contributed by atoms with Gasteiger partial charge < -0.3 is 0 Å². The van der Waals surface area contributed by atoms with Crippen molar-refractivity contribution >= 4 is 42.4 Å². The van der Waals surface area contributed by atoms with Gasteiger partial charge in [-0.25, -0.2) is 9.37 Å². The number of hydrogen-bond acceptors (Lipinski definition) is 2. The van der Waals surface area contributed by atoms with Gasteiger partial charge in [0.1, 0.15) is 5.82 Å².